The molecule has 5 nitrogen and oxygen atoms in total. The van der Waals surface area contributed by atoms with E-state index in [9.17, 15) is 8.42 Å². The molecular weight excluding hydrogens is 370 g/mol. The van der Waals surface area contributed by atoms with Crippen LogP contribution in [0, 0.1) is 5.92 Å². The molecule has 0 spiro atoms. The zero-order chi connectivity index (χ0) is 17.0. The number of halogens is 1. The Morgan fingerprint density at radius 3 is 2.83 bits per heavy atom. The molecule has 1 unspecified atom stereocenters. The smallest absolute Gasteiger partial charge is 0.156 e. The first kappa shape index (κ1) is 17.7. The number of nitrogens with zero attached hydrogens (tertiary/aromatic N) is 1. The molecule has 1 aliphatic rings. The normalized spacial score (nSPS) is 18.0. The van der Waals surface area contributed by atoms with Crippen LogP contribution in [-0.2, 0) is 26.9 Å². The predicted molar refractivity (Wildman–Crippen MR) is 94.3 cm³/mol. The first-order chi connectivity index (χ1) is 11.5. The molecule has 0 bridgehead atoms. The zero-order valence-electron chi connectivity index (χ0n) is 13.0. The van der Waals surface area contributed by atoms with Gasteiger partial charge in [0.1, 0.15) is 17.4 Å². The second-order valence-electron chi connectivity index (χ2n) is 5.76. The van der Waals surface area contributed by atoms with E-state index in [0.717, 1.165) is 11.4 Å². The van der Waals surface area contributed by atoms with E-state index in [1.165, 1.54) is 11.3 Å². The monoisotopic (exact) mass is 387 g/mol. The van der Waals surface area contributed by atoms with E-state index in [1.54, 1.807) is 29.6 Å². The van der Waals surface area contributed by atoms with Gasteiger partial charge in [-0.05, 0) is 36.6 Å². The highest BCUT2D eigenvalue weighted by atomic mass is 35.5. The van der Waals surface area contributed by atoms with Gasteiger partial charge in [0.05, 0.1) is 23.8 Å². The SMILES string of the molecule is O=S(=O)(Cc1csc(COc2ccc(Cl)cc2)n1)CC1CCOC1. The van der Waals surface area contributed by atoms with Gasteiger partial charge in [-0.1, -0.05) is 11.6 Å². The summed E-state index contributed by atoms with van der Waals surface area (Å²) in [4.78, 5) is 4.36. The molecule has 1 fully saturated rings. The minimum Gasteiger partial charge on any atom is -0.486 e. The molecular formula is C16H18ClNO4S2. The van der Waals surface area contributed by atoms with Crippen molar-refractivity contribution >= 4 is 32.8 Å². The van der Waals surface area contributed by atoms with Gasteiger partial charge in [-0.3, -0.25) is 0 Å². The van der Waals surface area contributed by atoms with E-state index in [0.29, 0.717) is 36.3 Å². The molecule has 1 saturated heterocycles. The van der Waals surface area contributed by atoms with Crippen LogP contribution < -0.4 is 4.74 Å². The molecule has 1 aromatic heterocycles. The summed E-state index contributed by atoms with van der Waals surface area (Å²) in [6, 6.07) is 7.07. The Morgan fingerprint density at radius 2 is 2.12 bits per heavy atom. The minimum absolute atomic E-state index is 0.0268. The summed E-state index contributed by atoms with van der Waals surface area (Å²) in [5, 5.41) is 3.18. The van der Waals surface area contributed by atoms with E-state index < -0.39 is 9.84 Å². The van der Waals surface area contributed by atoms with Gasteiger partial charge in [-0.2, -0.15) is 0 Å². The average molecular weight is 388 g/mol. The first-order valence-corrected chi connectivity index (χ1v) is 10.7. The number of benzene rings is 1. The summed E-state index contributed by atoms with van der Waals surface area (Å²) >= 11 is 7.23. The first-order valence-electron chi connectivity index (χ1n) is 7.60. The van der Waals surface area contributed by atoms with Crippen LogP contribution in [0.2, 0.25) is 5.02 Å². The molecule has 1 atom stereocenters. The van der Waals surface area contributed by atoms with Gasteiger partial charge in [0, 0.05) is 17.0 Å². The van der Waals surface area contributed by atoms with Crippen LogP contribution in [0.5, 0.6) is 5.75 Å². The lowest BCUT2D eigenvalue weighted by Crippen LogP contribution is -2.18. The molecule has 130 valence electrons. The van der Waals surface area contributed by atoms with E-state index in [2.05, 4.69) is 4.98 Å². The summed E-state index contributed by atoms with van der Waals surface area (Å²) < 4.78 is 35.3. The molecule has 2 aromatic rings. The van der Waals surface area contributed by atoms with Crippen LogP contribution in [0.25, 0.3) is 0 Å². The van der Waals surface area contributed by atoms with Gasteiger partial charge in [-0.15, -0.1) is 11.3 Å². The molecule has 2 heterocycles. The number of ether oxygens (including phenoxy) is 2. The maximum atomic E-state index is 12.2. The van der Waals surface area contributed by atoms with Crippen LogP contribution in [0.1, 0.15) is 17.1 Å². The molecule has 1 aliphatic heterocycles. The largest absolute Gasteiger partial charge is 0.486 e. The highest BCUT2D eigenvalue weighted by Gasteiger charge is 2.24. The summed E-state index contributed by atoms with van der Waals surface area (Å²) in [6.45, 7) is 1.50. The molecule has 0 aliphatic carbocycles. The Hall–Kier alpha value is -1.15. The number of hydrogen-bond donors (Lipinski definition) is 0. The van der Waals surface area contributed by atoms with Crippen molar-refractivity contribution in [2.24, 2.45) is 5.92 Å². The second kappa shape index (κ2) is 7.82. The Bertz CT molecular complexity index is 768. The average Bonchev–Trinajstić information content (AvgIpc) is 3.18. The number of thiazole rings is 1. The summed E-state index contributed by atoms with van der Waals surface area (Å²) in [7, 11) is -3.17. The van der Waals surface area contributed by atoms with E-state index >= 15 is 0 Å². The van der Waals surface area contributed by atoms with Gasteiger partial charge in [0.2, 0.25) is 0 Å². The second-order valence-corrected chi connectivity index (χ2v) is 9.25. The lowest BCUT2D eigenvalue weighted by Gasteiger charge is -2.07. The number of aromatic nitrogens is 1. The minimum atomic E-state index is -3.17. The predicted octanol–water partition coefficient (Wildman–Crippen LogP) is 3.33. The number of sulfone groups is 1. The van der Waals surface area contributed by atoms with Gasteiger partial charge in [-0.25, -0.2) is 13.4 Å². The standard InChI is InChI=1S/C16H18ClNO4S2/c17-13-1-3-15(4-2-13)22-8-16-18-14(9-23-16)11-24(19,20)10-12-5-6-21-7-12/h1-4,9,12H,5-8,10-11H2. The fraction of sp³-hybridized carbons (Fsp3) is 0.438. The highest BCUT2D eigenvalue weighted by molar-refractivity contribution is 7.90. The third-order valence-electron chi connectivity index (χ3n) is 3.66. The lowest BCUT2D eigenvalue weighted by atomic mass is 10.2. The topological polar surface area (TPSA) is 65.5 Å². The van der Waals surface area contributed by atoms with Crippen LogP contribution in [0.15, 0.2) is 29.6 Å². The van der Waals surface area contributed by atoms with Crippen molar-refractivity contribution in [1.82, 2.24) is 4.98 Å². The van der Waals surface area contributed by atoms with Crippen molar-refractivity contribution < 1.29 is 17.9 Å². The molecule has 1 aromatic carbocycles. The van der Waals surface area contributed by atoms with Crippen LogP contribution in [-0.4, -0.2) is 32.4 Å². The maximum absolute atomic E-state index is 12.2. The lowest BCUT2D eigenvalue weighted by molar-refractivity contribution is 0.188. The third-order valence-corrected chi connectivity index (χ3v) is 6.49. The van der Waals surface area contributed by atoms with Crippen LogP contribution in [0.3, 0.4) is 0 Å². The van der Waals surface area contributed by atoms with Gasteiger partial charge in [0.15, 0.2) is 9.84 Å². The zero-order valence-corrected chi connectivity index (χ0v) is 15.4. The van der Waals surface area contributed by atoms with Crippen molar-refractivity contribution in [2.45, 2.75) is 18.8 Å². The third kappa shape index (κ3) is 5.17. The van der Waals surface area contributed by atoms with Gasteiger partial charge in [0.25, 0.3) is 0 Å². The quantitative estimate of drug-likeness (QED) is 0.729. The number of hydrogen-bond acceptors (Lipinski definition) is 6. The molecule has 0 N–H and O–H groups in total. The molecule has 0 saturated carbocycles. The van der Waals surface area contributed by atoms with E-state index in [4.69, 9.17) is 21.1 Å². The Labute approximate surface area is 150 Å². The van der Waals surface area contributed by atoms with E-state index in [-0.39, 0.29) is 17.4 Å². The van der Waals surface area contributed by atoms with Crippen molar-refractivity contribution in [3.05, 3.63) is 45.4 Å². The molecule has 0 radical (unpaired) electrons. The number of rotatable bonds is 7. The Balaban J connectivity index is 1.53. The summed E-state index contributed by atoms with van der Waals surface area (Å²) in [6.07, 6.45) is 0.816. The Kier molecular flexibility index (Phi) is 5.76. The van der Waals surface area contributed by atoms with Gasteiger partial charge >= 0.3 is 0 Å². The fourth-order valence-electron chi connectivity index (χ4n) is 2.52. The van der Waals surface area contributed by atoms with Gasteiger partial charge < -0.3 is 9.47 Å². The van der Waals surface area contributed by atoms with Crippen molar-refractivity contribution in [1.29, 1.82) is 0 Å². The highest BCUT2D eigenvalue weighted by Crippen LogP contribution is 2.20. The summed E-state index contributed by atoms with van der Waals surface area (Å²) in [5.41, 5.74) is 0.577. The van der Waals surface area contributed by atoms with Crippen LogP contribution >= 0.6 is 22.9 Å². The van der Waals surface area contributed by atoms with Crippen molar-refractivity contribution in [3.63, 3.8) is 0 Å². The molecule has 3 rings (SSSR count). The molecule has 8 heteroatoms. The fourth-order valence-corrected chi connectivity index (χ4v) is 5.15. The van der Waals surface area contributed by atoms with Crippen molar-refractivity contribution in [2.75, 3.05) is 19.0 Å². The molecule has 24 heavy (non-hydrogen) atoms. The molecule has 0 amide bonds. The Morgan fingerprint density at radius 1 is 1.33 bits per heavy atom. The van der Waals surface area contributed by atoms with Crippen molar-refractivity contribution in [3.8, 4) is 5.75 Å². The van der Waals surface area contributed by atoms with E-state index in [1.807, 2.05) is 0 Å². The maximum Gasteiger partial charge on any atom is 0.156 e. The summed E-state index contributed by atoms with van der Waals surface area (Å²) in [5.74, 6) is 0.952. The van der Waals surface area contributed by atoms with Crippen LogP contribution in [0.4, 0.5) is 0 Å².